The first-order chi connectivity index (χ1) is 15.3. The van der Waals surface area contributed by atoms with Crippen molar-refractivity contribution in [3.05, 3.63) is 71.5 Å². The summed E-state index contributed by atoms with van der Waals surface area (Å²) in [5.41, 5.74) is -0.547. The minimum absolute atomic E-state index is 0.106. The Morgan fingerprint density at radius 3 is 2.31 bits per heavy atom. The Morgan fingerprint density at radius 1 is 1.00 bits per heavy atom. The van der Waals surface area contributed by atoms with Gasteiger partial charge < -0.3 is 9.80 Å². The van der Waals surface area contributed by atoms with Gasteiger partial charge >= 0.3 is 0 Å². The van der Waals surface area contributed by atoms with Crippen molar-refractivity contribution in [1.29, 1.82) is 0 Å². The second-order valence-corrected chi connectivity index (χ2v) is 8.76. The predicted octanol–water partition coefficient (Wildman–Crippen LogP) is 1.33. The molecule has 4 amide bonds. The molecule has 3 aliphatic rings. The highest BCUT2D eigenvalue weighted by Gasteiger charge is 2.74. The molecule has 0 aliphatic carbocycles. The van der Waals surface area contributed by atoms with E-state index in [0.717, 1.165) is 10.5 Å². The fraction of sp³-hybridized carbons (Fsp3) is 0.333. The lowest BCUT2D eigenvalue weighted by atomic mass is 9.75. The summed E-state index contributed by atoms with van der Waals surface area (Å²) in [6.45, 7) is 0.149. The third-order valence-corrected chi connectivity index (χ3v) is 7.07. The molecule has 0 spiro atoms. The zero-order chi connectivity index (χ0) is 22.8. The summed E-state index contributed by atoms with van der Waals surface area (Å²) in [6, 6.07) is 13.6. The van der Waals surface area contributed by atoms with Crippen LogP contribution in [-0.2, 0) is 20.8 Å². The van der Waals surface area contributed by atoms with Crippen LogP contribution >= 0.6 is 0 Å². The number of fused-ring (bicyclic) bond motifs is 5. The quantitative estimate of drug-likeness (QED) is 0.682. The minimum Gasteiger partial charge on any atom is -0.342 e. The largest absolute Gasteiger partial charge is 0.342 e. The van der Waals surface area contributed by atoms with Gasteiger partial charge in [0.15, 0.2) is 0 Å². The third-order valence-electron chi connectivity index (χ3n) is 7.07. The SMILES string of the molecule is CN1C[C@@H]2[C@@H]3C(=O)N(C)C(=O)[C@@H]3[C@](Cc3ccccc3)(C1=O)N2C(=O)c1ccc(F)cc1. The molecule has 3 aliphatic heterocycles. The van der Waals surface area contributed by atoms with Gasteiger partial charge in [-0.2, -0.15) is 0 Å². The summed E-state index contributed by atoms with van der Waals surface area (Å²) in [5, 5.41) is 0. The Hall–Kier alpha value is -3.55. The first kappa shape index (κ1) is 20.4. The number of hydrogen-bond acceptors (Lipinski definition) is 4. The number of halogens is 1. The average Bonchev–Trinajstić information content (AvgIpc) is 3.16. The van der Waals surface area contributed by atoms with Crippen LogP contribution < -0.4 is 0 Å². The Bertz CT molecular complexity index is 1140. The molecular formula is C24H22FN3O4. The lowest BCUT2D eigenvalue weighted by molar-refractivity contribution is -0.154. The second kappa shape index (κ2) is 6.98. The van der Waals surface area contributed by atoms with Crippen molar-refractivity contribution in [1.82, 2.24) is 14.7 Å². The molecule has 0 unspecified atom stereocenters. The van der Waals surface area contributed by atoms with E-state index in [0.29, 0.717) is 0 Å². The molecule has 164 valence electrons. The zero-order valence-corrected chi connectivity index (χ0v) is 17.7. The fourth-order valence-electron chi connectivity index (χ4n) is 5.70. The molecule has 32 heavy (non-hydrogen) atoms. The van der Waals surface area contributed by atoms with Crippen LogP contribution in [0.5, 0.6) is 0 Å². The van der Waals surface area contributed by atoms with Crippen LogP contribution in [0.15, 0.2) is 54.6 Å². The standard InChI is InChI=1S/C24H22FN3O4/c1-26-13-17-18-19(22(31)27(2)21(18)30)24(23(26)32,12-14-6-4-3-5-7-14)28(17)20(29)15-8-10-16(25)11-9-15/h3-11,17-19H,12-13H2,1-2H3/t17-,18+,19-,24-/m1/s1. The second-order valence-electron chi connectivity index (χ2n) is 8.76. The van der Waals surface area contributed by atoms with Crippen molar-refractivity contribution in [3.8, 4) is 0 Å². The van der Waals surface area contributed by atoms with Crippen LogP contribution in [0.25, 0.3) is 0 Å². The van der Waals surface area contributed by atoms with Crippen LogP contribution in [-0.4, -0.2) is 70.5 Å². The number of imide groups is 1. The molecule has 4 atom stereocenters. The van der Waals surface area contributed by atoms with E-state index in [9.17, 15) is 23.6 Å². The van der Waals surface area contributed by atoms with E-state index < -0.39 is 41.0 Å². The van der Waals surface area contributed by atoms with Gasteiger partial charge in [-0.15, -0.1) is 0 Å². The monoisotopic (exact) mass is 435 g/mol. The first-order valence-electron chi connectivity index (χ1n) is 10.5. The van der Waals surface area contributed by atoms with Crippen molar-refractivity contribution in [2.24, 2.45) is 11.8 Å². The van der Waals surface area contributed by atoms with E-state index >= 15 is 0 Å². The highest BCUT2D eigenvalue weighted by molar-refractivity contribution is 6.13. The molecule has 2 bridgehead atoms. The number of rotatable bonds is 3. The van der Waals surface area contributed by atoms with Crippen LogP contribution in [0.3, 0.4) is 0 Å². The number of benzene rings is 2. The predicted molar refractivity (Wildman–Crippen MR) is 112 cm³/mol. The number of carbonyl (C=O) groups is 4. The molecule has 3 fully saturated rings. The van der Waals surface area contributed by atoms with Gasteiger partial charge in [-0.1, -0.05) is 30.3 Å². The molecule has 7 nitrogen and oxygen atoms in total. The summed E-state index contributed by atoms with van der Waals surface area (Å²) < 4.78 is 13.5. The number of likely N-dealkylation sites (N-methyl/N-ethyl adjacent to an activating group) is 1. The van der Waals surface area contributed by atoms with Crippen LogP contribution in [0.4, 0.5) is 4.39 Å². The average molecular weight is 435 g/mol. The molecule has 2 aromatic rings. The maximum absolute atomic E-state index is 13.8. The molecular weight excluding hydrogens is 413 g/mol. The maximum Gasteiger partial charge on any atom is 0.255 e. The molecule has 3 saturated heterocycles. The van der Waals surface area contributed by atoms with Gasteiger partial charge in [0.25, 0.3) is 5.91 Å². The number of piperazine rings is 1. The normalized spacial score (nSPS) is 29.0. The highest BCUT2D eigenvalue weighted by atomic mass is 19.1. The Kier molecular flexibility index (Phi) is 4.44. The van der Waals surface area contributed by atoms with Crippen molar-refractivity contribution in [3.63, 3.8) is 0 Å². The van der Waals surface area contributed by atoms with Gasteiger partial charge in [-0.05, 0) is 29.8 Å². The first-order valence-corrected chi connectivity index (χ1v) is 10.5. The zero-order valence-electron chi connectivity index (χ0n) is 17.7. The minimum atomic E-state index is -1.54. The van der Waals surface area contributed by atoms with E-state index in [1.165, 1.54) is 41.1 Å². The van der Waals surface area contributed by atoms with Gasteiger partial charge in [-0.3, -0.25) is 24.1 Å². The number of carbonyl (C=O) groups excluding carboxylic acids is 4. The number of nitrogens with zero attached hydrogens (tertiary/aromatic N) is 3. The molecule has 0 N–H and O–H groups in total. The number of likely N-dealkylation sites (tertiary alicyclic amines) is 2. The Labute approximate surface area is 184 Å². The van der Waals surface area contributed by atoms with E-state index in [1.807, 2.05) is 30.3 Å². The van der Waals surface area contributed by atoms with Crippen molar-refractivity contribution in [2.75, 3.05) is 20.6 Å². The summed E-state index contributed by atoms with van der Waals surface area (Å²) in [6.07, 6.45) is 0.106. The van der Waals surface area contributed by atoms with Crippen molar-refractivity contribution in [2.45, 2.75) is 18.0 Å². The highest BCUT2D eigenvalue weighted by Crippen LogP contribution is 2.53. The summed E-state index contributed by atoms with van der Waals surface area (Å²) >= 11 is 0. The van der Waals surface area contributed by atoms with Gasteiger partial charge in [0.05, 0.1) is 17.9 Å². The van der Waals surface area contributed by atoms with Crippen LogP contribution in [0, 0.1) is 17.7 Å². The van der Waals surface area contributed by atoms with Crippen LogP contribution in [0.1, 0.15) is 15.9 Å². The van der Waals surface area contributed by atoms with Gasteiger partial charge in [-0.25, -0.2) is 4.39 Å². The molecule has 0 aromatic heterocycles. The molecule has 8 heteroatoms. The van der Waals surface area contributed by atoms with Crippen molar-refractivity contribution < 1.29 is 23.6 Å². The van der Waals surface area contributed by atoms with E-state index in [4.69, 9.17) is 0 Å². The lowest BCUT2D eigenvalue weighted by Crippen LogP contribution is -2.69. The molecule has 0 saturated carbocycles. The fourth-order valence-corrected chi connectivity index (χ4v) is 5.70. The van der Waals surface area contributed by atoms with Crippen molar-refractivity contribution >= 4 is 23.6 Å². The third kappa shape index (κ3) is 2.58. The Morgan fingerprint density at radius 2 is 1.66 bits per heavy atom. The maximum atomic E-state index is 13.8. The summed E-state index contributed by atoms with van der Waals surface area (Å²) in [5.74, 6) is -3.91. The molecule has 2 aromatic carbocycles. The van der Waals surface area contributed by atoms with E-state index in [1.54, 1.807) is 7.05 Å². The molecule has 3 heterocycles. The smallest absolute Gasteiger partial charge is 0.255 e. The molecule has 5 rings (SSSR count). The van der Waals surface area contributed by atoms with E-state index in [2.05, 4.69) is 0 Å². The lowest BCUT2D eigenvalue weighted by Gasteiger charge is -2.48. The van der Waals surface area contributed by atoms with Crippen LogP contribution in [0.2, 0.25) is 0 Å². The summed E-state index contributed by atoms with van der Waals surface area (Å²) in [4.78, 5) is 58.0. The molecule has 0 radical (unpaired) electrons. The number of hydrogen-bond donors (Lipinski definition) is 0. The van der Waals surface area contributed by atoms with Gasteiger partial charge in [0.1, 0.15) is 11.4 Å². The summed E-state index contributed by atoms with van der Waals surface area (Å²) in [7, 11) is 3.06. The van der Waals surface area contributed by atoms with E-state index in [-0.39, 0.29) is 30.3 Å². The Balaban J connectivity index is 1.72. The van der Waals surface area contributed by atoms with Gasteiger partial charge in [0.2, 0.25) is 17.7 Å². The van der Waals surface area contributed by atoms with Gasteiger partial charge in [0, 0.05) is 32.6 Å². The number of amides is 4. The topological polar surface area (TPSA) is 78.0 Å².